The van der Waals surface area contributed by atoms with Gasteiger partial charge in [-0.3, -0.25) is 14.5 Å². The average Bonchev–Trinajstić information content (AvgIpc) is 2.88. The van der Waals surface area contributed by atoms with Gasteiger partial charge in [-0.25, -0.2) is 8.42 Å². The predicted molar refractivity (Wildman–Crippen MR) is 157 cm³/mol. The Morgan fingerprint density at radius 3 is 2.62 bits per heavy atom. The fourth-order valence-corrected chi connectivity index (χ4v) is 5.62. The van der Waals surface area contributed by atoms with Gasteiger partial charge >= 0.3 is 0 Å². The van der Waals surface area contributed by atoms with E-state index in [2.05, 4.69) is 26.1 Å². The number of halogens is 2. The van der Waals surface area contributed by atoms with E-state index in [1.165, 1.54) is 18.2 Å². The van der Waals surface area contributed by atoms with Crippen molar-refractivity contribution < 1.29 is 33.0 Å². The number of sulfone groups is 1. The lowest BCUT2D eigenvalue weighted by molar-refractivity contribution is -0.122. The van der Waals surface area contributed by atoms with Gasteiger partial charge in [-0.2, -0.15) is 0 Å². The lowest BCUT2D eigenvalue weighted by atomic mass is 10.1. The first-order chi connectivity index (χ1) is 19.0. The minimum Gasteiger partial charge on any atom is -0.489 e. The summed E-state index contributed by atoms with van der Waals surface area (Å²) in [7, 11) is -3.42. The molecule has 1 amide bonds. The topological polar surface area (TPSA) is 133 Å². The lowest BCUT2D eigenvalue weighted by Gasteiger charge is -2.30. The summed E-state index contributed by atoms with van der Waals surface area (Å²) in [5.41, 5.74) is 2.63. The molecule has 0 bridgehead atoms. The molecule has 214 valence electrons. The van der Waals surface area contributed by atoms with Crippen LogP contribution in [0.25, 0.3) is 0 Å². The minimum atomic E-state index is -3.42. The molecule has 0 saturated carbocycles. The van der Waals surface area contributed by atoms with E-state index in [0.29, 0.717) is 25.4 Å². The second kappa shape index (κ2) is 14.6. The zero-order chi connectivity index (χ0) is 29.3. The Morgan fingerprint density at radius 1 is 1.20 bits per heavy atom. The Balaban J connectivity index is 0.00000141. The maximum atomic E-state index is 12.8. The first kappa shape index (κ1) is 31.6. The van der Waals surface area contributed by atoms with Crippen LogP contribution < -0.4 is 10.1 Å². The molecule has 1 atom stereocenters. The van der Waals surface area contributed by atoms with Gasteiger partial charge in [0, 0.05) is 35.1 Å². The zero-order valence-electron chi connectivity index (χ0n) is 21.7. The van der Waals surface area contributed by atoms with Crippen LogP contribution >= 0.6 is 27.5 Å². The van der Waals surface area contributed by atoms with Crippen LogP contribution in [0.15, 0.2) is 70.0 Å². The van der Waals surface area contributed by atoms with Crippen LogP contribution in [-0.4, -0.2) is 61.4 Å². The van der Waals surface area contributed by atoms with Gasteiger partial charge in [0.1, 0.15) is 12.4 Å². The largest absolute Gasteiger partial charge is 0.489 e. The SMILES string of the molecule is CS(=O)(=O)c1ccc(C(=O)Nc2cccc(COc3ccc(Br)cc3CN3CCC[C@@H](O)C3)c2)c(Cl)c1.O=CO. The van der Waals surface area contributed by atoms with Crippen molar-refractivity contribution in [1.82, 2.24) is 4.90 Å². The number of aliphatic hydroxyl groups is 1. The summed E-state index contributed by atoms with van der Waals surface area (Å²) in [4.78, 5) is 23.4. The highest BCUT2D eigenvalue weighted by atomic mass is 79.9. The first-order valence-corrected chi connectivity index (χ1v) is 15.4. The molecule has 40 heavy (non-hydrogen) atoms. The molecule has 1 fully saturated rings. The summed E-state index contributed by atoms with van der Waals surface area (Å²) in [5.74, 6) is 0.317. The van der Waals surface area contributed by atoms with E-state index >= 15 is 0 Å². The number of β-amino-alcohol motifs (C(OH)–C–C–N with tert-alkyl or cyclic N) is 1. The van der Waals surface area contributed by atoms with E-state index < -0.39 is 15.7 Å². The molecule has 1 aliphatic rings. The Morgan fingerprint density at radius 2 is 1.95 bits per heavy atom. The highest BCUT2D eigenvalue weighted by molar-refractivity contribution is 9.10. The summed E-state index contributed by atoms with van der Waals surface area (Å²) >= 11 is 9.72. The maximum absolute atomic E-state index is 12.8. The van der Waals surface area contributed by atoms with E-state index in [1.54, 1.807) is 6.07 Å². The highest BCUT2D eigenvalue weighted by Crippen LogP contribution is 2.27. The second-order valence-corrected chi connectivity index (χ2v) is 12.6. The number of carbonyl (C=O) groups excluding carboxylic acids is 1. The van der Waals surface area contributed by atoms with Crippen molar-refractivity contribution in [2.45, 2.75) is 37.0 Å². The van der Waals surface area contributed by atoms with Crippen molar-refractivity contribution in [3.8, 4) is 5.75 Å². The van der Waals surface area contributed by atoms with Crippen LogP contribution in [0.3, 0.4) is 0 Å². The monoisotopic (exact) mass is 652 g/mol. The standard InChI is InChI=1S/C27H28BrClN2O5S.CH2O2/c1-37(34,35)23-8-9-24(25(29)14-23)27(33)30-21-5-2-4-18(12-21)17-36-26-10-7-20(28)13-19(26)15-31-11-3-6-22(32)16-31;2-1-3/h2,4-5,7-10,12-14,22,32H,3,6,11,15-17H2,1H3,(H,30,33);1H,(H,2,3)/t22-;/m1./s1. The third-order valence-electron chi connectivity index (χ3n) is 6.09. The molecule has 9 nitrogen and oxygen atoms in total. The van der Waals surface area contributed by atoms with Gasteiger partial charge in [-0.05, 0) is 73.5 Å². The number of likely N-dealkylation sites (tertiary alicyclic amines) is 1. The molecule has 0 radical (unpaired) electrons. The van der Waals surface area contributed by atoms with Crippen molar-refractivity contribution >= 4 is 55.4 Å². The predicted octanol–water partition coefficient (Wildman–Crippen LogP) is 4.99. The number of carbonyl (C=O) groups is 2. The number of ether oxygens (including phenoxy) is 1. The summed E-state index contributed by atoms with van der Waals surface area (Å²) in [6.07, 6.45) is 2.59. The average molecular weight is 654 g/mol. The second-order valence-electron chi connectivity index (χ2n) is 9.25. The number of piperidine rings is 1. The fourth-order valence-electron chi connectivity index (χ4n) is 4.24. The quantitative estimate of drug-likeness (QED) is 0.290. The molecule has 0 spiro atoms. The van der Waals surface area contributed by atoms with Crippen molar-refractivity contribution in [3.05, 3.63) is 86.8 Å². The fraction of sp³-hybridized carbons (Fsp3) is 0.286. The number of hydrogen-bond donors (Lipinski definition) is 3. The van der Waals surface area contributed by atoms with Gasteiger partial charge in [-0.15, -0.1) is 0 Å². The van der Waals surface area contributed by atoms with Gasteiger partial charge in [-0.1, -0.05) is 39.7 Å². The van der Waals surface area contributed by atoms with Gasteiger partial charge in [0.15, 0.2) is 9.84 Å². The smallest absolute Gasteiger partial charge is 0.290 e. The number of rotatable bonds is 8. The minimum absolute atomic E-state index is 0.0528. The molecule has 3 aromatic rings. The molecule has 0 aromatic heterocycles. The van der Waals surface area contributed by atoms with Gasteiger partial charge < -0.3 is 20.3 Å². The normalized spacial score (nSPS) is 15.4. The van der Waals surface area contributed by atoms with E-state index in [-0.39, 0.29) is 28.1 Å². The number of benzene rings is 3. The van der Waals surface area contributed by atoms with E-state index in [4.69, 9.17) is 26.2 Å². The number of hydrogen-bond acceptors (Lipinski definition) is 7. The molecule has 1 aliphatic heterocycles. The molecular weight excluding hydrogens is 624 g/mol. The molecular formula is C28H30BrClN2O7S. The maximum Gasteiger partial charge on any atom is 0.290 e. The molecule has 3 N–H and O–H groups in total. The van der Waals surface area contributed by atoms with Crippen molar-refractivity contribution in [2.24, 2.45) is 0 Å². The Hall–Kier alpha value is -2.96. The van der Waals surface area contributed by atoms with Crippen LogP contribution in [0.2, 0.25) is 5.02 Å². The molecule has 3 aromatic carbocycles. The van der Waals surface area contributed by atoms with Crippen molar-refractivity contribution in [3.63, 3.8) is 0 Å². The van der Waals surface area contributed by atoms with Crippen LogP contribution in [0.5, 0.6) is 5.75 Å². The number of nitrogens with one attached hydrogen (secondary N) is 1. The van der Waals surface area contributed by atoms with Crippen molar-refractivity contribution in [1.29, 1.82) is 0 Å². The van der Waals surface area contributed by atoms with Gasteiger partial charge in [0.05, 0.1) is 21.6 Å². The summed E-state index contributed by atoms with van der Waals surface area (Å²) in [5, 5.41) is 19.8. The number of anilines is 1. The third kappa shape index (κ3) is 9.31. The highest BCUT2D eigenvalue weighted by Gasteiger charge is 2.19. The van der Waals surface area contributed by atoms with E-state index in [0.717, 1.165) is 47.0 Å². The number of aliphatic hydroxyl groups excluding tert-OH is 1. The molecule has 4 rings (SSSR count). The van der Waals surface area contributed by atoms with E-state index in [9.17, 15) is 18.3 Å². The molecule has 1 saturated heterocycles. The summed E-state index contributed by atoms with van der Waals surface area (Å²) in [6, 6.07) is 17.2. The van der Waals surface area contributed by atoms with Crippen LogP contribution in [0.1, 0.15) is 34.3 Å². The van der Waals surface area contributed by atoms with Gasteiger partial charge in [0.2, 0.25) is 0 Å². The summed E-state index contributed by atoms with van der Waals surface area (Å²) in [6.45, 7) is 2.31. The Bertz CT molecular complexity index is 1450. The third-order valence-corrected chi connectivity index (χ3v) is 8.01. The molecule has 0 aliphatic carbocycles. The number of carboxylic acid groups (broad SMARTS) is 1. The Kier molecular flexibility index (Phi) is 11.5. The molecule has 12 heteroatoms. The summed E-state index contributed by atoms with van der Waals surface area (Å²) < 4.78 is 30.6. The van der Waals surface area contributed by atoms with Crippen molar-refractivity contribution in [2.75, 3.05) is 24.7 Å². The number of nitrogens with zero attached hydrogens (tertiary/aromatic N) is 1. The van der Waals surface area contributed by atoms with Gasteiger partial charge in [0.25, 0.3) is 12.4 Å². The lowest BCUT2D eigenvalue weighted by Crippen LogP contribution is -2.37. The zero-order valence-corrected chi connectivity index (χ0v) is 24.9. The van der Waals surface area contributed by atoms with E-state index in [1.807, 2.05) is 36.4 Å². The molecule has 0 unspecified atom stereocenters. The number of amides is 1. The Labute approximate surface area is 246 Å². The molecule has 1 heterocycles. The van der Waals surface area contributed by atoms with Crippen LogP contribution in [0, 0.1) is 0 Å². The first-order valence-electron chi connectivity index (χ1n) is 12.3. The van der Waals surface area contributed by atoms with Crippen LogP contribution in [0.4, 0.5) is 5.69 Å². The van der Waals surface area contributed by atoms with Crippen LogP contribution in [-0.2, 0) is 27.8 Å².